The van der Waals surface area contributed by atoms with Crippen LogP contribution in [0.2, 0.25) is 0 Å². The first-order chi connectivity index (χ1) is 12.3. The minimum atomic E-state index is -3.37. The number of hydrogen-bond donors (Lipinski definition) is 0. The molecule has 0 unspecified atom stereocenters. The van der Waals surface area contributed by atoms with E-state index in [-0.39, 0.29) is 11.7 Å². The second-order valence-corrected chi connectivity index (χ2v) is 8.77. The van der Waals surface area contributed by atoms with Crippen molar-refractivity contribution in [2.24, 2.45) is 0 Å². The zero-order valence-electron chi connectivity index (χ0n) is 15.2. The van der Waals surface area contributed by atoms with Gasteiger partial charge in [0.2, 0.25) is 10.0 Å². The molecule has 0 saturated carbocycles. The molecule has 1 aliphatic rings. The van der Waals surface area contributed by atoms with Crippen molar-refractivity contribution >= 4 is 15.9 Å². The summed E-state index contributed by atoms with van der Waals surface area (Å²) in [6, 6.07) is 15.0. The molecule has 0 N–H and O–H groups in total. The quantitative estimate of drug-likeness (QED) is 0.829. The summed E-state index contributed by atoms with van der Waals surface area (Å²) in [6.07, 6.45) is 0. The third kappa shape index (κ3) is 4.31. The van der Waals surface area contributed by atoms with Crippen molar-refractivity contribution < 1.29 is 13.2 Å². The first kappa shape index (κ1) is 18.6. The van der Waals surface area contributed by atoms with E-state index in [9.17, 15) is 13.2 Å². The van der Waals surface area contributed by atoms with Gasteiger partial charge in [0.1, 0.15) is 0 Å². The summed E-state index contributed by atoms with van der Waals surface area (Å²) in [5, 5.41) is 0. The van der Waals surface area contributed by atoms with Gasteiger partial charge in [0, 0.05) is 31.7 Å². The number of rotatable bonds is 4. The highest BCUT2D eigenvalue weighted by atomic mass is 32.2. The van der Waals surface area contributed by atoms with Gasteiger partial charge in [0.25, 0.3) is 5.91 Å². The molecule has 1 saturated heterocycles. The van der Waals surface area contributed by atoms with E-state index < -0.39 is 10.0 Å². The summed E-state index contributed by atoms with van der Waals surface area (Å²) < 4.78 is 26.8. The van der Waals surface area contributed by atoms with Crippen LogP contribution in [0.4, 0.5) is 0 Å². The summed E-state index contributed by atoms with van der Waals surface area (Å²) >= 11 is 0. The monoisotopic (exact) mass is 372 g/mol. The lowest BCUT2D eigenvalue weighted by Crippen LogP contribution is -2.50. The molecule has 0 atom stereocenters. The van der Waals surface area contributed by atoms with Crippen molar-refractivity contribution in [3.63, 3.8) is 0 Å². The Kier molecular flexibility index (Phi) is 5.44. The Morgan fingerprint density at radius 3 is 2.19 bits per heavy atom. The van der Waals surface area contributed by atoms with Crippen LogP contribution in [-0.4, -0.2) is 49.7 Å². The lowest BCUT2D eigenvalue weighted by molar-refractivity contribution is 0.0697. The van der Waals surface area contributed by atoms with Crippen molar-refractivity contribution in [2.75, 3.05) is 26.2 Å². The second kappa shape index (κ2) is 7.60. The van der Waals surface area contributed by atoms with Gasteiger partial charge in [-0.1, -0.05) is 47.5 Å². The summed E-state index contributed by atoms with van der Waals surface area (Å²) in [7, 11) is -3.37. The third-order valence-corrected chi connectivity index (χ3v) is 6.50. The van der Waals surface area contributed by atoms with Crippen LogP contribution in [0.5, 0.6) is 0 Å². The number of piperazine rings is 1. The number of hydrogen-bond acceptors (Lipinski definition) is 3. The molecule has 0 bridgehead atoms. The smallest absolute Gasteiger partial charge is 0.253 e. The van der Waals surface area contributed by atoms with Crippen LogP contribution < -0.4 is 0 Å². The van der Waals surface area contributed by atoms with Crippen LogP contribution in [0.3, 0.4) is 0 Å². The maximum absolute atomic E-state index is 12.7. The fourth-order valence-electron chi connectivity index (χ4n) is 3.12. The largest absolute Gasteiger partial charge is 0.336 e. The fraction of sp³-hybridized carbons (Fsp3) is 0.350. The number of carbonyl (C=O) groups is 1. The van der Waals surface area contributed by atoms with E-state index in [2.05, 4.69) is 0 Å². The van der Waals surface area contributed by atoms with Crippen LogP contribution in [0.1, 0.15) is 27.0 Å². The Morgan fingerprint density at radius 1 is 0.923 bits per heavy atom. The number of aryl methyl sites for hydroxylation is 2. The van der Waals surface area contributed by atoms with Crippen molar-refractivity contribution in [1.82, 2.24) is 9.21 Å². The zero-order valence-corrected chi connectivity index (χ0v) is 16.0. The van der Waals surface area contributed by atoms with Crippen molar-refractivity contribution in [3.8, 4) is 0 Å². The summed E-state index contributed by atoms with van der Waals surface area (Å²) in [6.45, 7) is 5.44. The first-order valence-corrected chi connectivity index (χ1v) is 10.4. The van der Waals surface area contributed by atoms with Crippen LogP contribution >= 0.6 is 0 Å². The van der Waals surface area contributed by atoms with Gasteiger partial charge in [-0.05, 0) is 31.5 Å². The molecule has 1 aliphatic heterocycles. The summed E-state index contributed by atoms with van der Waals surface area (Å²) in [4.78, 5) is 14.3. The normalized spacial score (nSPS) is 15.8. The standard InChI is InChI=1S/C20H24N2O3S/c1-16-6-8-18(9-7-16)15-26(24,25)22-12-10-21(11-13-22)20(23)19-5-3-4-17(2)14-19/h3-9,14H,10-13,15H2,1-2H3. The molecule has 0 spiro atoms. The summed E-state index contributed by atoms with van der Waals surface area (Å²) in [5.41, 5.74) is 3.58. The fourth-order valence-corrected chi connectivity index (χ4v) is 4.63. The molecule has 6 heteroatoms. The predicted molar refractivity (Wildman–Crippen MR) is 102 cm³/mol. The molecular weight excluding hydrogens is 348 g/mol. The molecule has 1 heterocycles. The van der Waals surface area contributed by atoms with Crippen LogP contribution in [-0.2, 0) is 15.8 Å². The van der Waals surface area contributed by atoms with E-state index in [0.29, 0.717) is 31.7 Å². The Labute approximate surface area is 155 Å². The summed E-state index contributed by atoms with van der Waals surface area (Å²) in [5.74, 6) is -0.0386. The molecular formula is C20H24N2O3S. The maximum atomic E-state index is 12.7. The number of carbonyl (C=O) groups excluding carboxylic acids is 1. The lowest BCUT2D eigenvalue weighted by Gasteiger charge is -2.34. The molecule has 26 heavy (non-hydrogen) atoms. The zero-order chi connectivity index (χ0) is 18.7. The van der Waals surface area contributed by atoms with Crippen LogP contribution in [0, 0.1) is 13.8 Å². The van der Waals surface area contributed by atoms with Gasteiger partial charge in [-0.3, -0.25) is 4.79 Å². The topological polar surface area (TPSA) is 57.7 Å². The van der Waals surface area contributed by atoms with Gasteiger partial charge in [-0.15, -0.1) is 0 Å². The first-order valence-electron chi connectivity index (χ1n) is 8.74. The van der Waals surface area contributed by atoms with E-state index in [1.54, 1.807) is 11.0 Å². The van der Waals surface area contributed by atoms with Gasteiger partial charge in [-0.2, -0.15) is 4.31 Å². The van der Waals surface area contributed by atoms with Gasteiger partial charge in [-0.25, -0.2) is 8.42 Å². The number of sulfonamides is 1. The molecule has 2 aromatic carbocycles. The highest BCUT2D eigenvalue weighted by Crippen LogP contribution is 2.16. The van der Waals surface area contributed by atoms with Gasteiger partial charge in [0.15, 0.2) is 0 Å². The van der Waals surface area contributed by atoms with Gasteiger partial charge in [0.05, 0.1) is 5.75 Å². The number of nitrogens with zero attached hydrogens (tertiary/aromatic N) is 2. The lowest BCUT2D eigenvalue weighted by atomic mass is 10.1. The maximum Gasteiger partial charge on any atom is 0.253 e. The molecule has 3 rings (SSSR count). The van der Waals surface area contributed by atoms with E-state index >= 15 is 0 Å². The number of benzene rings is 2. The highest BCUT2D eigenvalue weighted by Gasteiger charge is 2.29. The highest BCUT2D eigenvalue weighted by molar-refractivity contribution is 7.88. The molecule has 0 aromatic heterocycles. The van der Waals surface area contributed by atoms with Crippen LogP contribution in [0.15, 0.2) is 48.5 Å². The molecule has 0 radical (unpaired) electrons. The molecule has 1 fully saturated rings. The van der Waals surface area contributed by atoms with E-state index in [4.69, 9.17) is 0 Å². The molecule has 5 nitrogen and oxygen atoms in total. The Bertz CT molecular complexity index is 884. The second-order valence-electron chi connectivity index (χ2n) is 6.80. The van der Waals surface area contributed by atoms with Crippen molar-refractivity contribution in [2.45, 2.75) is 19.6 Å². The van der Waals surface area contributed by atoms with E-state index in [1.165, 1.54) is 4.31 Å². The van der Waals surface area contributed by atoms with Crippen LogP contribution in [0.25, 0.3) is 0 Å². The molecule has 2 aromatic rings. The van der Waals surface area contributed by atoms with Crippen molar-refractivity contribution in [1.29, 1.82) is 0 Å². The molecule has 138 valence electrons. The average molecular weight is 372 g/mol. The van der Waals surface area contributed by atoms with Gasteiger partial charge < -0.3 is 4.90 Å². The average Bonchev–Trinajstić information content (AvgIpc) is 2.63. The predicted octanol–water partition coefficient (Wildman–Crippen LogP) is 2.59. The SMILES string of the molecule is Cc1ccc(CS(=O)(=O)N2CCN(C(=O)c3cccc(C)c3)CC2)cc1. The third-order valence-electron chi connectivity index (χ3n) is 4.65. The molecule has 1 amide bonds. The van der Waals surface area contributed by atoms with E-state index in [1.807, 2.05) is 56.3 Å². The molecule has 0 aliphatic carbocycles. The number of amides is 1. The Hall–Kier alpha value is -2.18. The Balaban J connectivity index is 1.62. The van der Waals surface area contributed by atoms with E-state index in [0.717, 1.165) is 16.7 Å². The Morgan fingerprint density at radius 2 is 1.58 bits per heavy atom. The minimum absolute atomic E-state index is 0.000887. The van der Waals surface area contributed by atoms with Crippen molar-refractivity contribution in [3.05, 3.63) is 70.8 Å². The minimum Gasteiger partial charge on any atom is -0.336 e. The van der Waals surface area contributed by atoms with Gasteiger partial charge >= 0.3 is 0 Å².